The van der Waals surface area contributed by atoms with E-state index in [1.165, 1.54) is 0 Å². The summed E-state index contributed by atoms with van der Waals surface area (Å²) in [6.07, 6.45) is 0.221. The third-order valence-corrected chi connectivity index (χ3v) is 3.52. The molecular weight excluding hydrogens is 294 g/mol. The molecule has 0 bridgehead atoms. The predicted molar refractivity (Wildman–Crippen MR) is 89.9 cm³/mol. The number of oxazole rings is 1. The van der Waals surface area contributed by atoms with Crippen LogP contribution in [0.4, 0.5) is 11.4 Å². The van der Waals surface area contributed by atoms with Crippen molar-refractivity contribution < 1.29 is 9.21 Å². The lowest BCUT2D eigenvalue weighted by molar-refractivity contribution is -0.115. The third kappa shape index (κ3) is 3.42. The minimum absolute atomic E-state index is 0.118. The van der Waals surface area contributed by atoms with Crippen LogP contribution in [0.5, 0.6) is 0 Å². The molecule has 6 heteroatoms. The highest BCUT2D eigenvalue weighted by atomic mass is 16.4. The van der Waals surface area contributed by atoms with Gasteiger partial charge in [0.25, 0.3) is 0 Å². The fourth-order valence-corrected chi connectivity index (χ4v) is 2.34. The Morgan fingerprint density at radius 3 is 2.61 bits per heavy atom. The first-order valence-electron chi connectivity index (χ1n) is 7.20. The summed E-state index contributed by atoms with van der Waals surface area (Å²) in [6, 6.07) is 12.8. The molecule has 1 aromatic heterocycles. The van der Waals surface area contributed by atoms with Gasteiger partial charge in [0.1, 0.15) is 0 Å². The van der Waals surface area contributed by atoms with Crippen molar-refractivity contribution in [2.24, 2.45) is 0 Å². The van der Waals surface area contributed by atoms with Crippen molar-refractivity contribution >= 4 is 28.4 Å². The van der Waals surface area contributed by atoms with E-state index in [1.807, 2.05) is 43.3 Å². The third-order valence-electron chi connectivity index (χ3n) is 3.52. The van der Waals surface area contributed by atoms with Gasteiger partial charge in [0, 0.05) is 25.5 Å². The predicted octanol–water partition coefficient (Wildman–Crippen LogP) is 2.37. The second kappa shape index (κ2) is 6.00. The fourth-order valence-electron chi connectivity index (χ4n) is 2.34. The van der Waals surface area contributed by atoms with Crippen LogP contribution in [0.2, 0.25) is 0 Å². The zero-order chi connectivity index (χ0) is 16.4. The molecule has 23 heavy (non-hydrogen) atoms. The molecule has 6 nitrogen and oxygen atoms in total. The van der Waals surface area contributed by atoms with Crippen LogP contribution < -0.4 is 16.0 Å². The van der Waals surface area contributed by atoms with E-state index in [2.05, 4.69) is 10.3 Å². The van der Waals surface area contributed by atoms with Crippen LogP contribution in [-0.2, 0) is 11.2 Å². The molecule has 0 aliphatic carbocycles. The number of benzene rings is 2. The summed E-state index contributed by atoms with van der Waals surface area (Å²) in [4.78, 5) is 27.8. The lowest BCUT2D eigenvalue weighted by Crippen LogP contribution is -2.14. The molecule has 0 saturated carbocycles. The largest absolute Gasteiger partial charge is 0.417 e. The Kier molecular flexibility index (Phi) is 3.89. The Labute approximate surface area is 132 Å². The van der Waals surface area contributed by atoms with Crippen LogP contribution in [0.1, 0.15) is 5.56 Å². The van der Waals surface area contributed by atoms with Crippen molar-refractivity contribution in [3.63, 3.8) is 0 Å². The average molecular weight is 311 g/mol. The first-order valence-corrected chi connectivity index (χ1v) is 7.20. The van der Waals surface area contributed by atoms with Gasteiger partial charge < -0.3 is 14.6 Å². The molecule has 2 N–H and O–H groups in total. The molecule has 1 heterocycles. The molecule has 0 aliphatic heterocycles. The second-order valence-electron chi connectivity index (χ2n) is 5.51. The molecular formula is C17H17N3O3. The molecule has 0 spiro atoms. The average Bonchev–Trinajstić information content (AvgIpc) is 2.87. The number of rotatable bonds is 4. The molecule has 0 fully saturated rings. The summed E-state index contributed by atoms with van der Waals surface area (Å²) in [7, 11) is 3.92. The van der Waals surface area contributed by atoms with Crippen molar-refractivity contribution in [3.8, 4) is 0 Å². The normalized spacial score (nSPS) is 10.7. The van der Waals surface area contributed by atoms with Crippen molar-refractivity contribution in [2.45, 2.75) is 6.42 Å². The van der Waals surface area contributed by atoms with Crippen LogP contribution in [-0.4, -0.2) is 25.0 Å². The lowest BCUT2D eigenvalue weighted by Gasteiger charge is -2.13. The van der Waals surface area contributed by atoms with Crippen LogP contribution >= 0.6 is 0 Å². The Hall–Kier alpha value is -3.02. The van der Waals surface area contributed by atoms with Crippen LogP contribution in [0, 0.1) is 0 Å². The van der Waals surface area contributed by atoms with E-state index >= 15 is 0 Å². The highest BCUT2D eigenvalue weighted by Crippen LogP contribution is 2.17. The number of aromatic amines is 1. The van der Waals surface area contributed by atoms with Gasteiger partial charge in [0.05, 0.1) is 11.9 Å². The van der Waals surface area contributed by atoms with Gasteiger partial charge in [0.2, 0.25) is 5.91 Å². The standard InChI is InChI=1S/C17H17N3O3/c1-20(2)13-6-4-12(5-7-13)18-16(21)10-11-3-8-15-14(9-11)19-17(22)23-15/h3-9H,10H2,1-2H3,(H,18,21)(H,19,22). The molecule has 0 saturated heterocycles. The van der Waals surface area contributed by atoms with Crippen molar-refractivity contribution in [1.29, 1.82) is 0 Å². The minimum Gasteiger partial charge on any atom is -0.408 e. The van der Waals surface area contributed by atoms with Crippen molar-refractivity contribution in [2.75, 3.05) is 24.3 Å². The molecule has 2 aromatic carbocycles. The molecule has 0 unspecified atom stereocenters. The topological polar surface area (TPSA) is 78.3 Å². The Morgan fingerprint density at radius 2 is 1.91 bits per heavy atom. The number of nitrogens with zero attached hydrogens (tertiary/aromatic N) is 1. The highest BCUT2D eigenvalue weighted by Gasteiger charge is 2.07. The van der Waals surface area contributed by atoms with Crippen LogP contribution in [0.15, 0.2) is 51.7 Å². The van der Waals surface area contributed by atoms with Crippen molar-refractivity contribution in [1.82, 2.24) is 4.98 Å². The van der Waals surface area contributed by atoms with E-state index in [4.69, 9.17) is 4.42 Å². The lowest BCUT2D eigenvalue weighted by atomic mass is 10.1. The number of amides is 1. The first kappa shape index (κ1) is 14.9. The number of anilines is 2. The van der Waals surface area contributed by atoms with Gasteiger partial charge in [-0.1, -0.05) is 6.07 Å². The number of H-pyrrole nitrogens is 1. The Bertz CT molecular complexity index is 891. The number of aromatic nitrogens is 1. The van der Waals surface area contributed by atoms with Gasteiger partial charge in [-0.3, -0.25) is 9.78 Å². The van der Waals surface area contributed by atoms with Crippen molar-refractivity contribution in [3.05, 3.63) is 58.6 Å². The quantitative estimate of drug-likeness (QED) is 0.775. The maximum Gasteiger partial charge on any atom is 0.417 e. The van der Waals surface area contributed by atoms with Gasteiger partial charge in [-0.2, -0.15) is 0 Å². The molecule has 3 rings (SSSR count). The van der Waals surface area contributed by atoms with Gasteiger partial charge in [0.15, 0.2) is 5.58 Å². The van der Waals surface area contributed by atoms with E-state index in [-0.39, 0.29) is 12.3 Å². The number of carbonyl (C=O) groups is 1. The monoisotopic (exact) mass is 311 g/mol. The number of carbonyl (C=O) groups excluding carboxylic acids is 1. The highest BCUT2D eigenvalue weighted by molar-refractivity contribution is 5.92. The Morgan fingerprint density at radius 1 is 1.17 bits per heavy atom. The van der Waals surface area contributed by atoms with E-state index in [0.717, 1.165) is 16.9 Å². The molecule has 0 radical (unpaired) electrons. The second-order valence-corrected chi connectivity index (χ2v) is 5.51. The van der Waals surface area contributed by atoms with Gasteiger partial charge in [-0.05, 0) is 42.0 Å². The van der Waals surface area contributed by atoms with Gasteiger partial charge in [-0.15, -0.1) is 0 Å². The summed E-state index contributed by atoms with van der Waals surface area (Å²) >= 11 is 0. The summed E-state index contributed by atoms with van der Waals surface area (Å²) in [5.74, 6) is -0.615. The summed E-state index contributed by atoms with van der Waals surface area (Å²) in [6.45, 7) is 0. The SMILES string of the molecule is CN(C)c1ccc(NC(=O)Cc2ccc3oc(=O)[nH]c3c2)cc1. The number of hydrogen-bond donors (Lipinski definition) is 2. The van der Waals surface area contributed by atoms with Gasteiger partial charge >= 0.3 is 5.76 Å². The Balaban J connectivity index is 1.69. The van der Waals surface area contributed by atoms with Crippen LogP contribution in [0.25, 0.3) is 11.1 Å². The van der Waals surface area contributed by atoms with Gasteiger partial charge in [-0.25, -0.2) is 4.79 Å². The molecule has 1 amide bonds. The van der Waals surface area contributed by atoms with E-state index in [9.17, 15) is 9.59 Å². The molecule has 0 atom stereocenters. The van der Waals surface area contributed by atoms with E-state index < -0.39 is 5.76 Å². The first-order chi connectivity index (χ1) is 11.0. The summed E-state index contributed by atoms with van der Waals surface area (Å²) in [5, 5.41) is 2.86. The smallest absolute Gasteiger partial charge is 0.408 e. The molecule has 0 aliphatic rings. The van der Waals surface area contributed by atoms with E-state index in [0.29, 0.717) is 11.1 Å². The number of fused-ring (bicyclic) bond motifs is 1. The fraction of sp³-hybridized carbons (Fsp3) is 0.176. The maximum absolute atomic E-state index is 12.1. The number of hydrogen-bond acceptors (Lipinski definition) is 4. The zero-order valence-electron chi connectivity index (χ0n) is 12.9. The maximum atomic E-state index is 12.1. The number of nitrogens with one attached hydrogen (secondary N) is 2. The van der Waals surface area contributed by atoms with E-state index in [1.54, 1.807) is 18.2 Å². The summed E-state index contributed by atoms with van der Waals surface area (Å²) < 4.78 is 4.94. The van der Waals surface area contributed by atoms with Crippen LogP contribution in [0.3, 0.4) is 0 Å². The molecule has 3 aromatic rings. The molecule has 118 valence electrons. The summed E-state index contributed by atoms with van der Waals surface area (Å²) in [5.41, 5.74) is 3.70. The minimum atomic E-state index is -0.498. The zero-order valence-corrected chi connectivity index (χ0v) is 12.9.